The summed E-state index contributed by atoms with van der Waals surface area (Å²) < 4.78 is 67.9. The molecule has 3 aliphatic heterocycles. The fourth-order valence-corrected chi connectivity index (χ4v) is 5.22. The monoisotopic (exact) mass is 498 g/mol. The van der Waals surface area contributed by atoms with E-state index in [9.17, 15) is 27.5 Å². The molecule has 2 bridgehead atoms. The number of anilines is 2. The number of methoxy groups -OCH3 is 1. The molecule has 5 rings (SSSR count). The fraction of sp³-hybridized carbons (Fsp3) is 0.565. The normalized spacial score (nSPS) is 24.9. The molecule has 1 aromatic heterocycles. The van der Waals surface area contributed by atoms with Gasteiger partial charge in [-0.1, -0.05) is 0 Å². The Labute approximate surface area is 198 Å². The van der Waals surface area contributed by atoms with Gasteiger partial charge in [0.05, 0.1) is 25.9 Å². The Morgan fingerprint density at radius 3 is 2.57 bits per heavy atom. The average Bonchev–Trinajstić information content (AvgIpc) is 3.15. The van der Waals surface area contributed by atoms with Gasteiger partial charge in [0.1, 0.15) is 29.5 Å². The third kappa shape index (κ3) is 4.56. The van der Waals surface area contributed by atoms with E-state index in [1.54, 1.807) is 0 Å². The van der Waals surface area contributed by atoms with Gasteiger partial charge >= 0.3 is 6.18 Å². The molecule has 0 aliphatic carbocycles. The van der Waals surface area contributed by atoms with E-state index in [-0.39, 0.29) is 42.4 Å². The van der Waals surface area contributed by atoms with Crippen LogP contribution in [0.15, 0.2) is 29.1 Å². The molecule has 1 aromatic carbocycles. The number of β-amino-alcohol motifs (C(OH)–C–C–N with tert-alkyl or cyclic N) is 1. The van der Waals surface area contributed by atoms with E-state index in [4.69, 9.17) is 9.47 Å². The number of aromatic nitrogens is 2. The molecule has 0 amide bonds. The molecular formula is C23H26F4N4O4. The zero-order valence-electron chi connectivity index (χ0n) is 19.0. The first-order chi connectivity index (χ1) is 16.6. The van der Waals surface area contributed by atoms with Gasteiger partial charge in [-0.25, -0.2) is 4.39 Å². The van der Waals surface area contributed by atoms with E-state index in [0.717, 1.165) is 29.9 Å². The van der Waals surface area contributed by atoms with Gasteiger partial charge in [0.25, 0.3) is 5.56 Å². The van der Waals surface area contributed by atoms with Crippen molar-refractivity contribution in [2.45, 2.75) is 56.3 Å². The third-order valence-corrected chi connectivity index (χ3v) is 6.90. The van der Waals surface area contributed by atoms with E-state index < -0.39 is 36.2 Å². The van der Waals surface area contributed by atoms with E-state index >= 15 is 0 Å². The second-order valence-corrected chi connectivity index (χ2v) is 9.17. The molecule has 12 heteroatoms. The van der Waals surface area contributed by atoms with E-state index in [1.807, 2.05) is 4.90 Å². The summed E-state index contributed by atoms with van der Waals surface area (Å²) in [5, 5.41) is 10.9. The number of hydrogen-bond acceptors (Lipinski definition) is 7. The van der Waals surface area contributed by atoms with Crippen LogP contribution in [0.25, 0.3) is 0 Å². The number of alkyl halides is 3. The number of fused-ring (bicyclic) bond motifs is 3. The lowest BCUT2D eigenvalue weighted by Crippen LogP contribution is -2.54. The number of morpholine rings is 1. The van der Waals surface area contributed by atoms with Crippen LogP contribution >= 0.6 is 0 Å². The Kier molecular flexibility index (Phi) is 6.12. The molecule has 8 nitrogen and oxygen atoms in total. The summed E-state index contributed by atoms with van der Waals surface area (Å²) in [5.41, 5.74) is -0.321. The van der Waals surface area contributed by atoms with Gasteiger partial charge in [-0.2, -0.15) is 18.2 Å². The highest BCUT2D eigenvalue weighted by Gasteiger charge is 2.47. The minimum atomic E-state index is -4.62. The van der Waals surface area contributed by atoms with Crippen molar-refractivity contribution in [3.8, 4) is 5.75 Å². The minimum Gasteiger partial charge on any atom is -0.496 e. The SMILES string of the molecule is COc1cc(F)ccc1C(O)CN1c2nc(N3CC4CCC(C3)O4)cc(=O)n2CCC1C(F)(F)F. The van der Waals surface area contributed by atoms with Gasteiger partial charge in [0, 0.05) is 37.3 Å². The molecule has 0 spiro atoms. The van der Waals surface area contributed by atoms with Gasteiger partial charge in [0.15, 0.2) is 0 Å². The predicted molar refractivity (Wildman–Crippen MR) is 118 cm³/mol. The standard InChI is InChI=1S/C23H26F4N4O4/c1-34-18-8-13(24)2-5-16(18)17(32)12-31-19(23(25,26)27)6-7-30-21(33)9-20(28-22(30)31)29-10-14-3-4-15(11-29)35-14/h2,5,8-9,14-15,17,19,32H,3-4,6-7,10-12H2,1H3. The third-order valence-electron chi connectivity index (χ3n) is 6.90. The fourth-order valence-electron chi connectivity index (χ4n) is 5.22. The molecule has 2 saturated heterocycles. The number of ether oxygens (including phenoxy) is 2. The van der Waals surface area contributed by atoms with Crippen molar-refractivity contribution >= 4 is 11.8 Å². The topological polar surface area (TPSA) is 80.1 Å². The van der Waals surface area contributed by atoms with E-state index in [0.29, 0.717) is 18.9 Å². The molecule has 4 atom stereocenters. The Morgan fingerprint density at radius 1 is 1.20 bits per heavy atom. The molecule has 2 fully saturated rings. The molecule has 0 saturated carbocycles. The number of rotatable bonds is 5. The number of aliphatic hydroxyl groups excluding tert-OH is 1. The van der Waals surface area contributed by atoms with Crippen LogP contribution in [0.4, 0.5) is 29.3 Å². The molecule has 4 heterocycles. The van der Waals surface area contributed by atoms with Crippen molar-refractivity contribution in [3.63, 3.8) is 0 Å². The van der Waals surface area contributed by atoms with Gasteiger partial charge in [-0.05, 0) is 31.4 Å². The van der Waals surface area contributed by atoms with Crippen LogP contribution in [0.2, 0.25) is 0 Å². The smallest absolute Gasteiger partial charge is 0.408 e. The van der Waals surface area contributed by atoms with Gasteiger partial charge in [-0.15, -0.1) is 0 Å². The van der Waals surface area contributed by atoms with Crippen LogP contribution in [-0.4, -0.2) is 65.8 Å². The Morgan fingerprint density at radius 2 is 1.91 bits per heavy atom. The maximum atomic E-state index is 14.1. The first-order valence-corrected chi connectivity index (χ1v) is 11.5. The number of halogens is 4. The lowest BCUT2D eigenvalue weighted by molar-refractivity contribution is -0.153. The number of hydrogen-bond donors (Lipinski definition) is 1. The summed E-state index contributed by atoms with van der Waals surface area (Å²) in [6.45, 7) is 0.345. The van der Waals surface area contributed by atoms with Crippen LogP contribution in [0.5, 0.6) is 5.75 Å². The highest BCUT2D eigenvalue weighted by Crippen LogP contribution is 2.37. The number of benzene rings is 1. The summed E-state index contributed by atoms with van der Waals surface area (Å²) in [4.78, 5) is 20.2. The minimum absolute atomic E-state index is 0.00104. The highest BCUT2D eigenvalue weighted by molar-refractivity contribution is 5.48. The van der Waals surface area contributed by atoms with Gasteiger partial charge < -0.3 is 24.4 Å². The van der Waals surface area contributed by atoms with E-state index in [1.165, 1.54) is 23.8 Å². The van der Waals surface area contributed by atoms with Crippen LogP contribution in [0.1, 0.15) is 30.9 Å². The van der Waals surface area contributed by atoms with Crippen LogP contribution in [0.3, 0.4) is 0 Å². The molecule has 35 heavy (non-hydrogen) atoms. The van der Waals surface area contributed by atoms with Crippen molar-refractivity contribution in [3.05, 3.63) is 46.0 Å². The molecule has 190 valence electrons. The molecule has 0 radical (unpaired) electrons. The number of nitrogens with zero attached hydrogens (tertiary/aromatic N) is 4. The van der Waals surface area contributed by atoms with Crippen molar-refractivity contribution in [2.24, 2.45) is 0 Å². The maximum absolute atomic E-state index is 14.1. The molecule has 1 N–H and O–H groups in total. The lowest BCUT2D eigenvalue weighted by Gasteiger charge is -2.41. The van der Waals surface area contributed by atoms with Crippen LogP contribution in [-0.2, 0) is 11.3 Å². The van der Waals surface area contributed by atoms with Crippen molar-refractivity contribution in [1.82, 2.24) is 9.55 Å². The lowest BCUT2D eigenvalue weighted by atomic mass is 10.0. The summed E-state index contributed by atoms with van der Waals surface area (Å²) >= 11 is 0. The number of aliphatic hydroxyl groups is 1. The summed E-state index contributed by atoms with van der Waals surface area (Å²) in [5.74, 6) is -0.448. The molecule has 2 aromatic rings. The summed E-state index contributed by atoms with van der Waals surface area (Å²) in [6, 6.07) is 2.81. The first kappa shape index (κ1) is 23.9. The van der Waals surface area contributed by atoms with Gasteiger partial charge in [-0.3, -0.25) is 9.36 Å². The zero-order valence-corrected chi connectivity index (χ0v) is 19.0. The van der Waals surface area contributed by atoms with Crippen LogP contribution in [0, 0.1) is 5.82 Å². The Bertz CT molecular complexity index is 1150. The zero-order chi connectivity index (χ0) is 24.9. The van der Waals surface area contributed by atoms with Crippen molar-refractivity contribution in [1.29, 1.82) is 0 Å². The molecular weight excluding hydrogens is 472 g/mol. The summed E-state index contributed by atoms with van der Waals surface area (Å²) in [6.07, 6.45) is -4.67. The highest BCUT2D eigenvalue weighted by atomic mass is 19.4. The maximum Gasteiger partial charge on any atom is 0.408 e. The first-order valence-electron chi connectivity index (χ1n) is 11.5. The predicted octanol–water partition coefficient (Wildman–Crippen LogP) is 2.63. The quantitative estimate of drug-likeness (QED) is 0.635. The van der Waals surface area contributed by atoms with Crippen molar-refractivity contribution < 1.29 is 32.1 Å². The van der Waals surface area contributed by atoms with E-state index in [2.05, 4.69) is 4.98 Å². The average molecular weight is 498 g/mol. The van der Waals surface area contributed by atoms with Crippen LogP contribution < -0.4 is 20.1 Å². The summed E-state index contributed by atoms with van der Waals surface area (Å²) in [7, 11) is 1.28. The molecule has 3 aliphatic rings. The second kappa shape index (κ2) is 8.98. The molecule has 4 unspecified atom stereocenters. The van der Waals surface area contributed by atoms with Gasteiger partial charge in [0.2, 0.25) is 5.95 Å². The van der Waals surface area contributed by atoms with Crippen molar-refractivity contribution in [2.75, 3.05) is 36.5 Å². The second-order valence-electron chi connectivity index (χ2n) is 9.17. The largest absolute Gasteiger partial charge is 0.496 e. The Hall–Kier alpha value is -2.86. The Balaban J connectivity index is 1.52.